The largest absolute Gasteiger partial charge is 0.465 e. The first-order valence-electron chi connectivity index (χ1n) is 8.64. The number of hydrogen-bond acceptors (Lipinski definition) is 9. The summed E-state index contributed by atoms with van der Waals surface area (Å²) in [6.45, 7) is 1.54. The molecule has 12 nitrogen and oxygen atoms in total. The number of hydrogen-bond donors (Lipinski definition) is 1. The molecule has 158 valence electrons. The van der Waals surface area contributed by atoms with E-state index in [9.17, 15) is 34.6 Å². The molecule has 2 aromatic rings. The molecule has 0 saturated heterocycles. The van der Waals surface area contributed by atoms with Crippen LogP contribution in [0.1, 0.15) is 27.6 Å². The molecule has 0 radical (unpaired) electrons. The highest BCUT2D eigenvalue weighted by Crippen LogP contribution is 2.25. The lowest BCUT2D eigenvalue weighted by atomic mass is 9.99. The van der Waals surface area contributed by atoms with Crippen molar-refractivity contribution in [1.82, 2.24) is 0 Å². The van der Waals surface area contributed by atoms with E-state index >= 15 is 0 Å². The van der Waals surface area contributed by atoms with Gasteiger partial charge in [-0.2, -0.15) is 5.26 Å². The normalized spacial score (nSPS) is 11.0. The van der Waals surface area contributed by atoms with Crippen LogP contribution in [0.4, 0.5) is 17.1 Å². The van der Waals surface area contributed by atoms with Crippen LogP contribution in [0.15, 0.2) is 42.5 Å². The van der Waals surface area contributed by atoms with Crippen LogP contribution in [0.25, 0.3) is 0 Å². The molecule has 12 heteroatoms. The van der Waals surface area contributed by atoms with Gasteiger partial charge < -0.3 is 10.1 Å². The number of carbonyl (C=O) groups excluding carboxylic acids is 3. The monoisotopic (exact) mass is 426 g/mol. The summed E-state index contributed by atoms with van der Waals surface area (Å²) >= 11 is 0. The molecule has 0 spiro atoms. The van der Waals surface area contributed by atoms with Crippen LogP contribution in [0.3, 0.4) is 0 Å². The molecule has 1 N–H and O–H groups in total. The average molecular weight is 426 g/mol. The van der Waals surface area contributed by atoms with E-state index in [1.165, 1.54) is 31.2 Å². The van der Waals surface area contributed by atoms with Crippen LogP contribution in [0, 0.1) is 37.5 Å². The number of nitrogens with one attached hydrogen (secondary N) is 1. The van der Waals surface area contributed by atoms with Gasteiger partial charge in [-0.05, 0) is 37.3 Å². The molecule has 1 atom stereocenters. The summed E-state index contributed by atoms with van der Waals surface area (Å²) in [5.74, 6) is -4.30. The topological polar surface area (TPSA) is 183 Å². The second kappa shape index (κ2) is 9.70. The zero-order chi connectivity index (χ0) is 23.1. The minimum atomic E-state index is -1.64. The Morgan fingerprint density at radius 1 is 1.10 bits per heavy atom. The maximum Gasteiger partial charge on any atom is 0.331 e. The number of benzene rings is 2. The maximum atomic E-state index is 12.4. The zero-order valence-electron chi connectivity index (χ0n) is 15.9. The summed E-state index contributed by atoms with van der Waals surface area (Å²) in [6.07, 6.45) is 0. The molecule has 31 heavy (non-hydrogen) atoms. The SMILES string of the molecule is CCOC(=O)C(C#N)C(=O)c1ccc(NC(=O)c2ccc([N+](=O)[O-])cc2[N+](=O)[O-])cc1. The first-order valence-corrected chi connectivity index (χ1v) is 8.64. The molecule has 0 aliphatic carbocycles. The zero-order valence-corrected chi connectivity index (χ0v) is 15.9. The molecule has 0 aliphatic rings. The number of amides is 1. The lowest BCUT2D eigenvalue weighted by Gasteiger charge is -2.09. The van der Waals surface area contributed by atoms with E-state index in [0.717, 1.165) is 12.1 Å². The number of esters is 1. The Morgan fingerprint density at radius 2 is 1.74 bits per heavy atom. The fourth-order valence-electron chi connectivity index (χ4n) is 2.50. The van der Waals surface area contributed by atoms with Crippen LogP contribution < -0.4 is 5.32 Å². The third-order valence-electron chi connectivity index (χ3n) is 3.97. The molecule has 0 bridgehead atoms. The van der Waals surface area contributed by atoms with Crippen molar-refractivity contribution in [2.75, 3.05) is 11.9 Å². The summed E-state index contributed by atoms with van der Waals surface area (Å²) < 4.78 is 4.68. The molecule has 1 amide bonds. The molecule has 1 unspecified atom stereocenters. The third-order valence-corrected chi connectivity index (χ3v) is 3.97. The minimum absolute atomic E-state index is 0.00401. The van der Waals surface area contributed by atoms with Crippen molar-refractivity contribution in [1.29, 1.82) is 5.26 Å². The molecule has 2 rings (SSSR count). The van der Waals surface area contributed by atoms with Gasteiger partial charge in [0.15, 0.2) is 5.78 Å². The number of nitriles is 1. The smallest absolute Gasteiger partial charge is 0.331 e. The summed E-state index contributed by atoms with van der Waals surface area (Å²) in [5.41, 5.74) is -1.52. The molecule has 0 fully saturated rings. The Morgan fingerprint density at radius 3 is 2.26 bits per heavy atom. The number of ether oxygens (including phenoxy) is 1. The third kappa shape index (κ3) is 5.24. The number of Topliss-reactive ketones (excluding diaryl/α,β-unsaturated/α-hetero) is 1. The Balaban J connectivity index is 2.22. The van der Waals surface area contributed by atoms with E-state index in [0.29, 0.717) is 6.07 Å². The number of nitro groups is 2. The minimum Gasteiger partial charge on any atom is -0.465 e. The highest BCUT2D eigenvalue weighted by atomic mass is 16.6. The van der Waals surface area contributed by atoms with Gasteiger partial charge >= 0.3 is 5.97 Å². The molecular weight excluding hydrogens is 412 g/mol. The van der Waals surface area contributed by atoms with Gasteiger partial charge in [-0.1, -0.05) is 0 Å². The number of non-ortho nitro benzene ring substituents is 1. The van der Waals surface area contributed by atoms with Gasteiger partial charge in [-0.3, -0.25) is 34.6 Å². The first kappa shape index (κ1) is 22.6. The number of nitrogens with zero attached hydrogens (tertiary/aromatic N) is 3. The highest BCUT2D eigenvalue weighted by Gasteiger charge is 2.29. The maximum absolute atomic E-state index is 12.4. The van der Waals surface area contributed by atoms with Gasteiger partial charge in [0.05, 0.1) is 28.6 Å². The predicted molar refractivity (Wildman–Crippen MR) is 104 cm³/mol. The summed E-state index contributed by atoms with van der Waals surface area (Å²) in [7, 11) is 0. The quantitative estimate of drug-likeness (QED) is 0.218. The summed E-state index contributed by atoms with van der Waals surface area (Å²) in [6, 6.07) is 9.27. The molecule has 0 heterocycles. The van der Waals surface area contributed by atoms with Crippen LogP contribution in [0.2, 0.25) is 0 Å². The van der Waals surface area contributed by atoms with E-state index in [4.69, 9.17) is 5.26 Å². The van der Waals surface area contributed by atoms with Gasteiger partial charge in [0.2, 0.25) is 5.92 Å². The number of nitro benzene ring substituents is 2. The van der Waals surface area contributed by atoms with E-state index in [2.05, 4.69) is 10.1 Å². The van der Waals surface area contributed by atoms with Gasteiger partial charge in [-0.25, -0.2) is 0 Å². The fraction of sp³-hybridized carbons (Fsp3) is 0.158. The van der Waals surface area contributed by atoms with Crippen molar-refractivity contribution in [2.45, 2.75) is 6.92 Å². The molecule has 0 saturated carbocycles. The first-order chi connectivity index (χ1) is 14.7. The molecule has 2 aromatic carbocycles. The van der Waals surface area contributed by atoms with E-state index < -0.39 is 50.4 Å². The fourth-order valence-corrected chi connectivity index (χ4v) is 2.50. The standard InChI is InChI=1S/C19H14N4O8/c1-2-31-19(26)15(10-20)17(24)11-3-5-12(6-4-11)21-18(25)14-8-7-13(22(27)28)9-16(14)23(29)30/h3-9,15H,2H2,1H3,(H,21,25). The van der Waals surface area contributed by atoms with E-state index in [-0.39, 0.29) is 17.9 Å². The van der Waals surface area contributed by atoms with Gasteiger partial charge in [0.1, 0.15) is 5.56 Å². The van der Waals surface area contributed by atoms with Crippen LogP contribution in [-0.2, 0) is 9.53 Å². The number of rotatable bonds is 8. The Labute approximate surface area is 174 Å². The van der Waals surface area contributed by atoms with E-state index in [1.54, 1.807) is 6.07 Å². The van der Waals surface area contributed by atoms with E-state index in [1.807, 2.05) is 0 Å². The lowest BCUT2D eigenvalue weighted by Crippen LogP contribution is -2.25. The molecular formula is C19H14N4O8. The van der Waals surface area contributed by atoms with Crippen LogP contribution >= 0.6 is 0 Å². The van der Waals surface area contributed by atoms with Gasteiger partial charge in [0.25, 0.3) is 17.3 Å². The number of ketones is 1. The highest BCUT2D eigenvalue weighted by molar-refractivity contribution is 6.11. The Kier molecular flexibility index (Phi) is 7.08. The van der Waals surface area contributed by atoms with Crippen molar-refractivity contribution < 1.29 is 29.0 Å². The number of anilines is 1. The average Bonchev–Trinajstić information content (AvgIpc) is 2.74. The number of carbonyl (C=O) groups is 3. The second-order valence-electron chi connectivity index (χ2n) is 5.93. The van der Waals surface area contributed by atoms with Crippen LogP contribution in [-0.4, -0.2) is 34.1 Å². The predicted octanol–water partition coefficient (Wildman–Crippen LogP) is 2.64. The Bertz CT molecular complexity index is 1100. The van der Waals surface area contributed by atoms with Crippen molar-refractivity contribution in [2.24, 2.45) is 5.92 Å². The summed E-state index contributed by atoms with van der Waals surface area (Å²) in [5, 5.41) is 33.4. The van der Waals surface area contributed by atoms with Crippen molar-refractivity contribution >= 4 is 34.7 Å². The molecule has 0 aliphatic heterocycles. The van der Waals surface area contributed by atoms with Crippen LogP contribution in [0.5, 0.6) is 0 Å². The molecule has 0 aromatic heterocycles. The summed E-state index contributed by atoms with van der Waals surface area (Å²) in [4.78, 5) is 56.6. The Hall–Kier alpha value is -4.66. The van der Waals surface area contributed by atoms with Gasteiger partial charge in [0, 0.05) is 17.3 Å². The van der Waals surface area contributed by atoms with Crippen molar-refractivity contribution in [3.05, 3.63) is 73.8 Å². The lowest BCUT2D eigenvalue weighted by molar-refractivity contribution is -0.394. The second-order valence-corrected chi connectivity index (χ2v) is 5.93. The van der Waals surface area contributed by atoms with Crippen molar-refractivity contribution in [3.63, 3.8) is 0 Å². The van der Waals surface area contributed by atoms with Gasteiger partial charge in [-0.15, -0.1) is 0 Å². The van der Waals surface area contributed by atoms with Crippen molar-refractivity contribution in [3.8, 4) is 6.07 Å².